The number of benzene rings is 1. The van der Waals surface area contributed by atoms with E-state index in [1.54, 1.807) is 58.9 Å². The maximum atomic E-state index is 12.7. The maximum absolute atomic E-state index is 12.7. The molecule has 1 aromatic rings. The lowest BCUT2D eigenvalue weighted by Gasteiger charge is -2.24. The van der Waals surface area contributed by atoms with Crippen molar-refractivity contribution in [2.24, 2.45) is 0 Å². The molecule has 1 aromatic carbocycles. The third-order valence-electron chi connectivity index (χ3n) is 3.29. The quantitative estimate of drug-likeness (QED) is 0.540. The SMILES string of the molecule is CCOC(=O)C(C)(C)c1ccc(P(=O)(OCC)OCC)cc1. The Labute approximate surface area is 132 Å². The topological polar surface area (TPSA) is 61.8 Å². The average molecular weight is 328 g/mol. The number of ether oxygens (including phenoxy) is 1. The van der Waals surface area contributed by atoms with Gasteiger partial charge in [0.2, 0.25) is 0 Å². The van der Waals surface area contributed by atoms with Crippen molar-refractivity contribution < 1.29 is 23.1 Å². The van der Waals surface area contributed by atoms with Crippen LogP contribution in [0.25, 0.3) is 0 Å². The molecule has 0 fully saturated rings. The zero-order valence-corrected chi connectivity index (χ0v) is 14.8. The molecule has 0 aromatic heterocycles. The van der Waals surface area contributed by atoms with Crippen LogP contribution in [0.4, 0.5) is 0 Å². The van der Waals surface area contributed by atoms with Crippen LogP contribution in [0.1, 0.15) is 40.2 Å². The van der Waals surface area contributed by atoms with Gasteiger partial charge in [-0.05, 0) is 52.3 Å². The summed E-state index contributed by atoms with van der Waals surface area (Å²) in [6.45, 7) is 9.84. The number of esters is 1. The number of carbonyl (C=O) groups excluding carboxylic acids is 1. The number of carbonyl (C=O) groups is 1. The second-order valence-corrected chi connectivity index (χ2v) is 7.25. The minimum absolute atomic E-state index is 0.291. The highest BCUT2D eigenvalue weighted by molar-refractivity contribution is 7.62. The van der Waals surface area contributed by atoms with Crippen LogP contribution in [0.3, 0.4) is 0 Å². The van der Waals surface area contributed by atoms with Gasteiger partial charge in [-0.3, -0.25) is 9.36 Å². The van der Waals surface area contributed by atoms with Crippen molar-refractivity contribution in [2.75, 3.05) is 19.8 Å². The van der Waals surface area contributed by atoms with Crippen molar-refractivity contribution in [2.45, 2.75) is 40.0 Å². The van der Waals surface area contributed by atoms with Gasteiger partial charge < -0.3 is 13.8 Å². The summed E-state index contributed by atoms with van der Waals surface area (Å²) < 4.78 is 28.4. The predicted molar refractivity (Wildman–Crippen MR) is 86.6 cm³/mol. The predicted octanol–water partition coefficient (Wildman–Crippen LogP) is 3.42. The molecule has 0 spiro atoms. The normalized spacial score (nSPS) is 12.2. The average Bonchev–Trinajstić information content (AvgIpc) is 2.48. The van der Waals surface area contributed by atoms with E-state index in [0.717, 1.165) is 5.56 Å². The molecule has 0 saturated heterocycles. The Bertz CT molecular complexity index is 526. The van der Waals surface area contributed by atoms with Gasteiger partial charge in [-0.15, -0.1) is 0 Å². The largest absolute Gasteiger partial charge is 0.465 e. The molecule has 0 aliphatic carbocycles. The summed E-state index contributed by atoms with van der Waals surface area (Å²) in [5.41, 5.74) is 0.0182. The molecule has 0 saturated carbocycles. The summed E-state index contributed by atoms with van der Waals surface area (Å²) in [7, 11) is -3.30. The van der Waals surface area contributed by atoms with Crippen LogP contribution in [0.5, 0.6) is 0 Å². The Morgan fingerprint density at radius 1 is 1.00 bits per heavy atom. The van der Waals surface area contributed by atoms with Crippen molar-refractivity contribution in [3.63, 3.8) is 0 Å². The van der Waals surface area contributed by atoms with E-state index in [4.69, 9.17) is 13.8 Å². The van der Waals surface area contributed by atoms with Gasteiger partial charge in [0, 0.05) is 0 Å². The molecule has 0 radical (unpaired) electrons. The van der Waals surface area contributed by atoms with E-state index in [-0.39, 0.29) is 5.97 Å². The fraction of sp³-hybridized carbons (Fsp3) is 0.562. The lowest BCUT2D eigenvalue weighted by Crippen LogP contribution is -2.31. The van der Waals surface area contributed by atoms with Gasteiger partial charge >= 0.3 is 13.6 Å². The van der Waals surface area contributed by atoms with Crippen LogP contribution >= 0.6 is 7.60 Å². The molecule has 0 unspecified atom stereocenters. The lowest BCUT2D eigenvalue weighted by molar-refractivity contribution is -0.148. The maximum Gasteiger partial charge on any atom is 0.361 e. The van der Waals surface area contributed by atoms with E-state index in [9.17, 15) is 9.36 Å². The van der Waals surface area contributed by atoms with Crippen LogP contribution in [0.15, 0.2) is 24.3 Å². The number of hydrogen-bond donors (Lipinski definition) is 0. The van der Waals surface area contributed by atoms with Crippen LogP contribution in [0, 0.1) is 0 Å². The molecule has 0 aliphatic heterocycles. The van der Waals surface area contributed by atoms with Gasteiger partial charge in [0.1, 0.15) is 0 Å². The van der Waals surface area contributed by atoms with Gasteiger partial charge in [0.15, 0.2) is 0 Å². The fourth-order valence-corrected chi connectivity index (χ4v) is 3.58. The highest BCUT2D eigenvalue weighted by atomic mass is 31.2. The molecule has 0 aliphatic rings. The van der Waals surface area contributed by atoms with Crippen LogP contribution < -0.4 is 5.30 Å². The van der Waals surface area contributed by atoms with Gasteiger partial charge in [-0.25, -0.2) is 0 Å². The Balaban J connectivity index is 3.08. The van der Waals surface area contributed by atoms with Gasteiger partial charge in [0.25, 0.3) is 0 Å². The Hall–Kier alpha value is -1.16. The smallest absolute Gasteiger partial charge is 0.361 e. The number of hydrogen-bond acceptors (Lipinski definition) is 5. The van der Waals surface area contributed by atoms with Crippen LogP contribution in [0.2, 0.25) is 0 Å². The number of rotatable bonds is 8. The van der Waals surface area contributed by atoms with E-state index in [1.165, 1.54) is 0 Å². The van der Waals surface area contributed by atoms with E-state index in [2.05, 4.69) is 0 Å². The van der Waals surface area contributed by atoms with Gasteiger partial charge in [0.05, 0.1) is 30.5 Å². The van der Waals surface area contributed by atoms with E-state index < -0.39 is 13.0 Å². The molecular formula is C16H25O5P. The standard InChI is InChI=1S/C16H25O5P/c1-6-19-15(17)16(4,5)13-9-11-14(12-10-13)22(18,20-7-2)21-8-3/h9-12H,6-8H2,1-5H3. The Morgan fingerprint density at radius 3 is 1.91 bits per heavy atom. The van der Waals surface area contributed by atoms with Crippen molar-refractivity contribution in [3.05, 3.63) is 29.8 Å². The third-order valence-corrected chi connectivity index (χ3v) is 5.42. The van der Waals surface area contributed by atoms with E-state index >= 15 is 0 Å². The third kappa shape index (κ3) is 4.19. The summed E-state index contributed by atoms with van der Waals surface area (Å²) in [6, 6.07) is 6.89. The zero-order chi connectivity index (χ0) is 16.8. The molecular weight excluding hydrogens is 303 g/mol. The molecule has 0 bridgehead atoms. The van der Waals surface area contributed by atoms with Gasteiger partial charge in [-0.2, -0.15) is 0 Å². The monoisotopic (exact) mass is 328 g/mol. The first-order chi connectivity index (χ1) is 10.3. The van der Waals surface area contributed by atoms with Gasteiger partial charge in [-0.1, -0.05) is 12.1 Å². The molecule has 5 nitrogen and oxygen atoms in total. The van der Waals surface area contributed by atoms with Crippen molar-refractivity contribution in [1.29, 1.82) is 0 Å². The Kier molecular flexibility index (Phi) is 6.79. The molecule has 22 heavy (non-hydrogen) atoms. The van der Waals surface area contributed by atoms with Crippen LogP contribution in [-0.4, -0.2) is 25.8 Å². The molecule has 0 atom stereocenters. The zero-order valence-electron chi connectivity index (χ0n) is 13.9. The molecule has 124 valence electrons. The molecule has 6 heteroatoms. The van der Waals surface area contributed by atoms with Crippen molar-refractivity contribution in [1.82, 2.24) is 0 Å². The van der Waals surface area contributed by atoms with Crippen molar-refractivity contribution in [3.8, 4) is 0 Å². The highest BCUT2D eigenvalue weighted by Gasteiger charge is 2.32. The second-order valence-electron chi connectivity index (χ2n) is 5.23. The molecule has 0 heterocycles. The first-order valence-electron chi connectivity index (χ1n) is 7.49. The summed E-state index contributed by atoms with van der Waals surface area (Å²) >= 11 is 0. The minimum atomic E-state index is -3.30. The molecule has 0 amide bonds. The van der Waals surface area contributed by atoms with Crippen LogP contribution in [-0.2, 0) is 28.6 Å². The first kappa shape index (κ1) is 18.9. The first-order valence-corrected chi connectivity index (χ1v) is 9.03. The lowest BCUT2D eigenvalue weighted by atomic mass is 9.85. The van der Waals surface area contributed by atoms with Crippen molar-refractivity contribution >= 4 is 18.9 Å². The second kappa shape index (κ2) is 7.91. The van der Waals surface area contributed by atoms with E-state index in [0.29, 0.717) is 25.1 Å². The molecule has 1 rings (SSSR count). The summed E-state index contributed by atoms with van der Waals surface area (Å²) in [4.78, 5) is 12.0. The Morgan fingerprint density at radius 2 is 1.50 bits per heavy atom. The summed E-state index contributed by atoms with van der Waals surface area (Å²) in [6.07, 6.45) is 0. The molecule has 0 N–H and O–H groups in total. The fourth-order valence-electron chi connectivity index (χ4n) is 2.02. The van der Waals surface area contributed by atoms with E-state index in [1.807, 2.05) is 0 Å². The summed E-state index contributed by atoms with van der Waals surface area (Å²) in [5.74, 6) is -0.291. The summed E-state index contributed by atoms with van der Waals surface area (Å²) in [5, 5.41) is 0.486. The minimum Gasteiger partial charge on any atom is -0.465 e. The highest BCUT2D eigenvalue weighted by Crippen LogP contribution is 2.46.